The van der Waals surface area contributed by atoms with Gasteiger partial charge in [-0.1, -0.05) is 28.1 Å². The Labute approximate surface area is 92.4 Å². The van der Waals surface area contributed by atoms with Crippen LogP contribution in [0.1, 0.15) is 18.4 Å². The van der Waals surface area contributed by atoms with E-state index in [2.05, 4.69) is 40.2 Å². The van der Waals surface area contributed by atoms with Crippen molar-refractivity contribution >= 4 is 27.5 Å². The van der Waals surface area contributed by atoms with E-state index < -0.39 is 0 Å². The molecule has 1 aliphatic carbocycles. The highest BCUT2D eigenvalue weighted by Gasteiger charge is 2.41. The van der Waals surface area contributed by atoms with Gasteiger partial charge in [0.1, 0.15) is 0 Å². The Bertz CT molecular complexity index is 287. The fraction of sp³-hybridized carbons (Fsp3) is 0.455. The summed E-state index contributed by atoms with van der Waals surface area (Å²) < 4.78 is 1.15. The second kappa shape index (κ2) is 3.62. The summed E-state index contributed by atoms with van der Waals surface area (Å²) in [5, 5.41) is 0. The highest BCUT2D eigenvalue weighted by molar-refractivity contribution is 9.10. The maximum Gasteiger partial charge on any atom is 0.0283 e. The van der Waals surface area contributed by atoms with E-state index in [4.69, 9.17) is 11.6 Å². The first-order valence-corrected chi connectivity index (χ1v) is 5.87. The maximum absolute atomic E-state index is 5.93. The van der Waals surface area contributed by atoms with Crippen molar-refractivity contribution < 1.29 is 0 Å². The molecule has 1 fully saturated rings. The Morgan fingerprint density at radius 3 is 2.31 bits per heavy atom. The molecule has 0 spiro atoms. The van der Waals surface area contributed by atoms with Crippen molar-refractivity contribution in [3.8, 4) is 0 Å². The monoisotopic (exact) mass is 258 g/mol. The second-order valence-corrected chi connectivity index (χ2v) is 5.12. The fourth-order valence-corrected chi connectivity index (χ4v) is 2.20. The summed E-state index contributed by atoms with van der Waals surface area (Å²) in [5.41, 5.74) is 1.84. The molecule has 0 atom stereocenters. The van der Waals surface area contributed by atoms with Crippen molar-refractivity contribution in [2.75, 3.05) is 5.88 Å². The van der Waals surface area contributed by atoms with Crippen LogP contribution in [0.25, 0.3) is 0 Å². The minimum atomic E-state index is 0.440. The number of alkyl halides is 1. The van der Waals surface area contributed by atoms with E-state index in [1.807, 2.05) is 0 Å². The first kappa shape index (κ1) is 9.54. The lowest BCUT2D eigenvalue weighted by Gasteiger charge is -2.10. The summed E-state index contributed by atoms with van der Waals surface area (Å²) in [4.78, 5) is 0. The summed E-state index contributed by atoms with van der Waals surface area (Å²) in [7, 11) is 0. The molecule has 0 radical (unpaired) electrons. The highest BCUT2D eigenvalue weighted by Crippen LogP contribution is 2.49. The molecule has 2 rings (SSSR count). The molecule has 2 heteroatoms. The van der Waals surface area contributed by atoms with Gasteiger partial charge in [0.15, 0.2) is 0 Å². The molecule has 0 N–H and O–H groups in total. The van der Waals surface area contributed by atoms with Crippen LogP contribution in [-0.2, 0) is 6.42 Å². The van der Waals surface area contributed by atoms with E-state index in [0.717, 1.165) is 16.8 Å². The lowest BCUT2D eigenvalue weighted by molar-refractivity contribution is 0.578. The zero-order chi connectivity index (χ0) is 9.31. The Balaban J connectivity index is 2.06. The first-order chi connectivity index (χ1) is 6.24. The normalized spacial score (nSPS) is 18.6. The topological polar surface area (TPSA) is 0 Å². The molecule has 70 valence electrons. The third kappa shape index (κ3) is 2.26. The number of benzene rings is 1. The van der Waals surface area contributed by atoms with E-state index in [0.29, 0.717) is 5.41 Å². The molecule has 13 heavy (non-hydrogen) atoms. The van der Waals surface area contributed by atoms with Gasteiger partial charge in [-0.2, -0.15) is 0 Å². The smallest absolute Gasteiger partial charge is 0.0283 e. The van der Waals surface area contributed by atoms with Gasteiger partial charge in [0, 0.05) is 10.4 Å². The molecule has 0 nitrogen and oxygen atoms in total. The fourth-order valence-electron chi connectivity index (χ4n) is 1.57. The summed E-state index contributed by atoms with van der Waals surface area (Å²) in [5.74, 6) is 0.809. The quantitative estimate of drug-likeness (QED) is 0.720. The van der Waals surface area contributed by atoms with Gasteiger partial charge in [-0.05, 0) is 42.4 Å². The van der Waals surface area contributed by atoms with Crippen molar-refractivity contribution in [1.82, 2.24) is 0 Å². The van der Waals surface area contributed by atoms with Crippen molar-refractivity contribution in [3.63, 3.8) is 0 Å². The minimum Gasteiger partial charge on any atom is -0.126 e. The standard InChI is InChI=1S/C11H12BrCl/c12-10-3-1-9(2-4-10)7-11(8-13)5-6-11/h1-4H,5-8H2. The number of halogens is 2. The Hall–Kier alpha value is -0.0100. The molecule has 0 saturated heterocycles. The van der Waals surface area contributed by atoms with Crippen LogP contribution in [0.2, 0.25) is 0 Å². The van der Waals surface area contributed by atoms with Crippen LogP contribution in [-0.4, -0.2) is 5.88 Å². The zero-order valence-electron chi connectivity index (χ0n) is 7.39. The Morgan fingerprint density at radius 2 is 1.85 bits per heavy atom. The van der Waals surface area contributed by atoms with Gasteiger partial charge in [-0.3, -0.25) is 0 Å². The molecule has 1 saturated carbocycles. The van der Waals surface area contributed by atoms with Crippen molar-refractivity contribution in [1.29, 1.82) is 0 Å². The first-order valence-electron chi connectivity index (χ1n) is 4.55. The maximum atomic E-state index is 5.93. The van der Waals surface area contributed by atoms with Crippen LogP contribution in [0.5, 0.6) is 0 Å². The molecular weight excluding hydrogens is 247 g/mol. The van der Waals surface area contributed by atoms with Gasteiger partial charge < -0.3 is 0 Å². The number of hydrogen-bond donors (Lipinski definition) is 0. The zero-order valence-corrected chi connectivity index (χ0v) is 9.74. The van der Waals surface area contributed by atoms with Crippen molar-refractivity contribution in [2.24, 2.45) is 5.41 Å². The van der Waals surface area contributed by atoms with E-state index in [1.54, 1.807) is 0 Å². The number of hydrogen-bond acceptors (Lipinski definition) is 0. The van der Waals surface area contributed by atoms with Gasteiger partial charge in [0.05, 0.1) is 0 Å². The summed E-state index contributed by atoms with van der Waals surface area (Å²) in [6.45, 7) is 0. The molecule has 0 heterocycles. The van der Waals surface area contributed by atoms with Crippen LogP contribution in [0.4, 0.5) is 0 Å². The van der Waals surface area contributed by atoms with E-state index in [9.17, 15) is 0 Å². The van der Waals surface area contributed by atoms with Crippen LogP contribution < -0.4 is 0 Å². The second-order valence-electron chi connectivity index (χ2n) is 3.94. The molecule has 1 aromatic rings. The van der Waals surface area contributed by atoms with Crippen LogP contribution >= 0.6 is 27.5 Å². The molecule has 1 aromatic carbocycles. The lowest BCUT2D eigenvalue weighted by atomic mass is 9.99. The van der Waals surface area contributed by atoms with E-state index >= 15 is 0 Å². The van der Waals surface area contributed by atoms with E-state index in [1.165, 1.54) is 18.4 Å². The van der Waals surface area contributed by atoms with Crippen molar-refractivity contribution in [3.05, 3.63) is 34.3 Å². The summed E-state index contributed by atoms with van der Waals surface area (Å²) >= 11 is 9.36. The molecular formula is C11H12BrCl. The number of rotatable bonds is 3. The van der Waals surface area contributed by atoms with Gasteiger partial charge in [-0.25, -0.2) is 0 Å². The van der Waals surface area contributed by atoms with Crippen LogP contribution in [0, 0.1) is 5.41 Å². The molecule has 0 amide bonds. The van der Waals surface area contributed by atoms with Gasteiger partial charge in [-0.15, -0.1) is 11.6 Å². The molecule has 1 aliphatic rings. The molecule has 0 aliphatic heterocycles. The molecule has 0 unspecified atom stereocenters. The SMILES string of the molecule is ClCC1(Cc2ccc(Br)cc2)CC1. The Kier molecular flexibility index (Phi) is 2.66. The third-order valence-electron chi connectivity index (χ3n) is 2.73. The average molecular weight is 260 g/mol. The Morgan fingerprint density at radius 1 is 1.23 bits per heavy atom. The van der Waals surface area contributed by atoms with Crippen LogP contribution in [0.15, 0.2) is 28.7 Å². The summed E-state index contributed by atoms with van der Waals surface area (Å²) in [6, 6.07) is 8.55. The van der Waals surface area contributed by atoms with Gasteiger partial charge in [0.2, 0.25) is 0 Å². The third-order valence-corrected chi connectivity index (χ3v) is 3.83. The highest BCUT2D eigenvalue weighted by atomic mass is 79.9. The van der Waals surface area contributed by atoms with Gasteiger partial charge in [0.25, 0.3) is 0 Å². The largest absolute Gasteiger partial charge is 0.126 e. The van der Waals surface area contributed by atoms with Gasteiger partial charge >= 0.3 is 0 Å². The predicted molar refractivity (Wildman–Crippen MR) is 60.2 cm³/mol. The van der Waals surface area contributed by atoms with Crippen molar-refractivity contribution in [2.45, 2.75) is 19.3 Å². The summed E-state index contributed by atoms with van der Waals surface area (Å²) in [6.07, 6.45) is 3.74. The lowest BCUT2D eigenvalue weighted by Crippen LogP contribution is -2.06. The minimum absolute atomic E-state index is 0.440. The molecule has 0 bridgehead atoms. The molecule has 0 aromatic heterocycles. The predicted octanol–water partition coefficient (Wildman–Crippen LogP) is 4.01. The van der Waals surface area contributed by atoms with E-state index in [-0.39, 0.29) is 0 Å². The average Bonchev–Trinajstić information content (AvgIpc) is 2.90. The van der Waals surface area contributed by atoms with Crippen LogP contribution in [0.3, 0.4) is 0 Å².